The highest BCUT2D eigenvalue weighted by Crippen LogP contribution is 2.11. The Hall–Kier alpha value is -0.980. The fraction of sp³-hybridized carbons (Fsp3) is 0.222. The van der Waals surface area contributed by atoms with Crippen LogP contribution in [0.25, 0.3) is 0 Å². The summed E-state index contributed by atoms with van der Waals surface area (Å²) in [5, 5.41) is 7.36. The van der Waals surface area contributed by atoms with Crippen molar-refractivity contribution in [1.82, 2.24) is 9.78 Å². The number of anilines is 1. The Morgan fingerprint density at radius 3 is 2.93 bits per heavy atom. The highest BCUT2D eigenvalue weighted by molar-refractivity contribution is 14.1. The molecule has 0 aliphatic rings. The van der Waals surface area contributed by atoms with Crippen molar-refractivity contribution in [2.45, 2.75) is 6.54 Å². The first-order valence-corrected chi connectivity index (χ1v) is 5.29. The van der Waals surface area contributed by atoms with E-state index in [2.05, 4.69) is 33.0 Å². The molecule has 0 fully saturated rings. The molecule has 0 radical (unpaired) electrons. The zero-order chi connectivity index (χ0) is 9.97. The van der Waals surface area contributed by atoms with E-state index < -0.39 is 0 Å². The zero-order valence-corrected chi connectivity index (χ0v) is 9.85. The van der Waals surface area contributed by atoms with Crippen molar-refractivity contribution in [2.24, 2.45) is 7.05 Å². The van der Waals surface area contributed by atoms with Gasteiger partial charge in [0.25, 0.3) is 0 Å². The Kier molecular flexibility index (Phi) is 2.76. The highest BCUT2D eigenvalue weighted by Gasteiger charge is 2.00. The monoisotopic (exact) mass is 303 g/mol. The van der Waals surface area contributed by atoms with E-state index in [0.717, 1.165) is 15.3 Å². The van der Waals surface area contributed by atoms with Crippen LogP contribution in [0.3, 0.4) is 0 Å². The zero-order valence-electron chi connectivity index (χ0n) is 7.70. The van der Waals surface area contributed by atoms with Gasteiger partial charge in [-0.1, -0.05) is 0 Å². The maximum atomic E-state index is 5.40. The third-order valence-electron chi connectivity index (χ3n) is 1.79. The summed E-state index contributed by atoms with van der Waals surface area (Å²) < 4.78 is 8.06. The van der Waals surface area contributed by atoms with Crippen molar-refractivity contribution in [3.63, 3.8) is 0 Å². The lowest BCUT2D eigenvalue weighted by atomic mass is 10.4. The molecule has 1 N–H and O–H groups in total. The molecule has 2 rings (SSSR count). The van der Waals surface area contributed by atoms with Crippen molar-refractivity contribution in [3.05, 3.63) is 33.9 Å². The molecule has 0 aliphatic carbocycles. The second-order valence-electron chi connectivity index (χ2n) is 2.93. The molecule has 74 valence electrons. The largest absolute Gasteiger partial charge is 0.454 e. The predicted molar refractivity (Wildman–Crippen MR) is 62.0 cm³/mol. The normalized spacial score (nSPS) is 10.4. The van der Waals surface area contributed by atoms with Gasteiger partial charge in [-0.2, -0.15) is 5.10 Å². The lowest BCUT2D eigenvalue weighted by molar-refractivity contribution is 0.492. The van der Waals surface area contributed by atoms with Crippen LogP contribution in [0.1, 0.15) is 5.76 Å². The van der Waals surface area contributed by atoms with E-state index in [4.69, 9.17) is 4.42 Å². The van der Waals surface area contributed by atoms with Gasteiger partial charge in [0.2, 0.25) is 0 Å². The summed E-state index contributed by atoms with van der Waals surface area (Å²) in [5.41, 5.74) is 0. The van der Waals surface area contributed by atoms with E-state index in [9.17, 15) is 0 Å². The maximum absolute atomic E-state index is 5.40. The van der Waals surface area contributed by atoms with Crippen LogP contribution in [0.15, 0.2) is 28.8 Å². The Morgan fingerprint density at radius 1 is 1.50 bits per heavy atom. The SMILES string of the molecule is Cn1ccc(NCc2ccc(I)o2)n1. The second kappa shape index (κ2) is 4.04. The number of aryl methyl sites for hydroxylation is 1. The Labute approximate surface area is 95.4 Å². The lowest BCUT2D eigenvalue weighted by Crippen LogP contribution is -1.99. The van der Waals surface area contributed by atoms with Crippen molar-refractivity contribution in [1.29, 1.82) is 0 Å². The van der Waals surface area contributed by atoms with Gasteiger partial charge in [0, 0.05) is 19.3 Å². The van der Waals surface area contributed by atoms with Crippen LogP contribution in [0.4, 0.5) is 5.82 Å². The molecular weight excluding hydrogens is 293 g/mol. The highest BCUT2D eigenvalue weighted by atomic mass is 127. The van der Waals surface area contributed by atoms with Gasteiger partial charge in [-0.15, -0.1) is 0 Å². The molecule has 14 heavy (non-hydrogen) atoms. The Morgan fingerprint density at radius 2 is 2.36 bits per heavy atom. The minimum Gasteiger partial charge on any atom is -0.454 e. The minimum absolute atomic E-state index is 0.667. The van der Waals surface area contributed by atoms with Crippen LogP contribution in [-0.4, -0.2) is 9.78 Å². The van der Waals surface area contributed by atoms with Gasteiger partial charge >= 0.3 is 0 Å². The lowest BCUT2D eigenvalue weighted by Gasteiger charge is -1.98. The van der Waals surface area contributed by atoms with Gasteiger partial charge in [0.1, 0.15) is 11.6 Å². The Bertz CT molecular complexity index is 381. The summed E-state index contributed by atoms with van der Waals surface area (Å²) in [6, 6.07) is 5.82. The van der Waals surface area contributed by atoms with E-state index in [1.807, 2.05) is 31.4 Å². The second-order valence-corrected chi connectivity index (χ2v) is 4.00. The van der Waals surface area contributed by atoms with Crippen molar-refractivity contribution in [3.8, 4) is 0 Å². The Balaban J connectivity index is 1.94. The van der Waals surface area contributed by atoms with Gasteiger partial charge in [-0.05, 0) is 34.7 Å². The van der Waals surface area contributed by atoms with E-state index >= 15 is 0 Å². The molecule has 0 aliphatic heterocycles. The molecule has 0 atom stereocenters. The quantitative estimate of drug-likeness (QED) is 0.884. The minimum atomic E-state index is 0.667. The third-order valence-corrected chi connectivity index (χ3v) is 2.37. The number of hydrogen-bond acceptors (Lipinski definition) is 3. The molecule has 5 heteroatoms. The number of hydrogen-bond donors (Lipinski definition) is 1. The van der Waals surface area contributed by atoms with Gasteiger partial charge in [-0.25, -0.2) is 0 Å². The summed E-state index contributed by atoms with van der Waals surface area (Å²) in [6.45, 7) is 0.667. The van der Waals surface area contributed by atoms with Crippen LogP contribution in [-0.2, 0) is 13.6 Å². The first kappa shape index (κ1) is 9.57. The number of aromatic nitrogens is 2. The predicted octanol–water partition coefficient (Wildman–Crippen LogP) is 2.23. The topological polar surface area (TPSA) is 43.0 Å². The van der Waals surface area contributed by atoms with Crippen LogP contribution >= 0.6 is 22.6 Å². The molecule has 0 amide bonds. The first-order chi connectivity index (χ1) is 6.74. The molecule has 0 aromatic carbocycles. The van der Waals surface area contributed by atoms with Gasteiger partial charge in [-0.3, -0.25) is 4.68 Å². The van der Waals surface area contributed by atoms with Crippen LogP contribution < -0.4 is 5.32 Å². The summed E-state index contributed by atoms with van der Waals surface area (Å²) in [5.74, 6) is 1.78. The van der Waals surface area contributed by atoms with Crippen LogP contribution in [0, 0.1) is 3.77 Å². The van der Waals surface area contributed by atoms with Crippen molar-refractivity contribution < 1.29 is 4.42 Å². The molecule has 0 spiro atoms. The van der Waals surface area contributed by atoms with Gasteiger partial charge in [0.05, 0.1) is 6.54 Å². The fourth-order valence-corrected chi connectivity index (χ4v) is 1.60. The summed E-state index contributed by atoms with van der Waals surface area (Å²) in [4.78, 5) is 0. The molecular formula is C9H10IN3O. The first-order valence-electron chi connectivity index (χ1n) is 4.22. The van der Waals surface area contributed by atoms with E-state index in [0.29, 0.717) is 6.54 Å². The van der Waals surface area contributed by atoms with Gasteiger partial charge < -0.3 is 9.73 Å². The number of rotatable bonds is 3. The van der Waals surface area contributed by atoms with Gasteiger partial charge in [0.15, 0.2) is 3.77 Å². The average molecular weight is 303 g/mol. The molecule has 4 nitrogen and oxygen atoms in total. The molecule has 2 aromatic rings. The summed E-state index contributed by atoms with van der Waals surface area (Å²) >= 11 is 2.14. The molecule has 0 saturated carbocycles. The summed E-state index contributed by atoms with van der Waals surface area (Å²) in [7, 11) is 1.89. The molecule has 0 unspecified atom stereocenters. The number of furan rings is 1. The standard InChI is InChI=1S/C9H10IN3O/c1-13-5-4-9(12-13)11-6-7-2-3-8(10)14-7/h2-5H,6H2,1H3,(H,11,12). The molecule has 0 saturated heterocycles. The fourth-order valence-electron chi connectivity index (χ4n) is 1.13. The third kappa shape index (κ3) is 2.28. The molecule has 0 bridgehead atoms. The number of nitrogens with one attached hydrogen (secondary N) is 1. The average Bonchev–Trinajstić information content (AvgIpc) is 2.72. The van der Waals surface area contributed by atoms with E-state index in [1.165, 1.54) is 0 Å². The van der Waals surface area contributed by atoms with E-state index in [-0.39, 0.29) is 0 Å². The van der Waals surface area contributed by atoms with Crippen LogP contribution in [0.2, 0.25) is 0 Å². The van der Waals surface area contributed by atoms with E-state index in [1.54, 1.807) is 4.68 Å². The number of nitrogens with zero attached hydrogens (tertiary/aromatic N) is 2. The smallest absolute Gasteiger partial charge is 0.164 e. The summed E-state index contributed by atoms with van der Waals surface area (Å²) in [6.07, 6.45) is 1.90. The molecule has 2 heterocycles. The number of halogens is 1. The molecule has 2 aromatic heterocycles. The maximum Gasteiger partial charge on any atom is 0.164 e. The van der Waals surface area contributed by atoms with Crippen molar-refractivity contribution >= 4 is 28.4 Å². The van der Waals surface area contributed by atoms with Crippen molar-refractivity contribution in [2.75, 3.05) is 5.32 Å². The van der Waals surface area contributed by atoms with Crippen LogP contribution in [0.5, 0.6) is 0 Å².